The average Bonchev–Trinajstić information content (AvgIpc) is 2.60. The summed E-state index contributed by atoms with van der Waals surface area (Å²) in [5.41, 5.74) is -1.10. The second-order valence-corrected chi connectivity index (χ2v) is 4.91. The number of ether oxygens (including phenoxy) is 1. The van der Waals surface area contributed by atoms with Gasteiger partial charge in [0.05, 0.1) is 25.2 Å². The predicted molar refractivity (Wildman–Crippen MR) is 80.6 cm³/mol. The van der Waals surface area contributed by atoms with Crippen molar-refractivity contribution in [1.29, 1.82) is 10.5 Å². The van der Waals surface area contributed by atoms with E-state index in [1.165, 1.54) is 19.2 Å². The first-order chi connectivity index (χ1) is 11.1. The first-order valence-electron chi connectivity index (χ1n) is 6.81. The fourth-order valence-electron chi connectivity index (χ4n) is 2.52. The van der Waals surface area contributed by atoms with Crippen LogP contribution in [-0.4, -0.2) is 13.1 Å². The minimum absolute atomic E-state index is 0.152. The molecule has 0 unspecified atom stereocenters. The van der Waals surface area contributed by atoms with E-state index in [0.717, 1.165) is 6.07 Å². The van der Waals surface area contributed by atoms with Gasteiger partial charge in [-0.15, -0.1) is 0 Å². The number of hydrogen-bond donors (Lipinski definition) is 0. The van der Waals surface area contributed by atoms with Crippen molar-refractivity contribution < 1.29 is 13.9 Å². The summed E-state index contributed by atoms with van der Waals surface area (Å²) >= 11 is 0. The molecule has 0 spiro atoms. The smallest absolute Gasteiger partial charge is 0.307 e. The van der Waals surface area contributed by atoms with Crippen molar-refractivity contribution in [3.8, 4) is 12.1 Å². The van der Waals surface area contributed by atoms with E-state index in [1.807, 2.05) is 0 Å². The minimum Gasteiger partial charge on any atom is -0.469 e. The zero-order chi connectivity index (χ0) is 16.9. The first-order valence-corrected chi connectivity index (χ1v) is 6.81. The number of nitrogens with zero attached hydrogens (tertiary/aromatic N) is 2. The lowest BCUT2D eigenvalue weighted by molar-refractivity contribution is -0.141. The van der Waals surface area contributed by atoms with Gasteiger partial charge in [-0.1, -0.05) is 42.5 Å². The highest BCUT2D eigenvalue weighted by atomic mass is 19.1. The van der Waals surface area contributed by atoms with Crippen LogP contribution in [-0.2, 0) is 14.9 Å². The fraction of sp³-hybridized carbons (Fsp3) is 0.167. The van der Waals surface area contributed by atoms with E-state index in [9.17, 15) is 19.7 Å². The molecule has 0 saturated heterocycles. The summed E-state index contributed by atoms with van der Waals surface area (Å²) in [5.74, 6) is -1.35. The molecule has 5 heteroatoms. The summed E-state index contributed by atoms with van der Waals surface area (Å²) in [6, 6.07) is 16.4. The third kappa shape index (κ3) is 2.90. The predicted octanol–water partition coefficient (Wildman–Crippen LogP) is 3.07. The molecule has 4 nitrogen and oxygen atoms in total. The van der Waals surface area contributed by atoms with Crippen LogP contribution in [0.1, 0.15) is 23.1 Å². The Bertz CT molecular complexity index is 806. The first kappa shape index (κ1) is 16.2. The van der Waals surface area contributed by atoms with Gasteiger partial charge in [-0.3, -0.25) is 4.79 Å². The Hall–Kier alpha value is -3.18. The zero-order valence-corrected chi connectivity index (χ0v) is 12.4. The number of benzene rings is 2. The molecule has 0 aromatic heterocycles. The number of halogens is 1. The van der Waals surface area contributed by atoms with Crippen LogP contribution < -0.4 is 0 Å². The molecule has 0 radical (unpaired) electrons. The van der Waals surface area contributed by atoms with E-state index in [1.54, 1.807) is 36.4 Å². The molecule has 0 aliphatic rings. The van der Waals surface area contributed by atoms with Gasteiger partial charge < -0.3 is 4.74 Å². The molecule has 0 aliphatic carbocycles. The normalized spacial score (nSPS) is 12.5. The Kier molecular flexibility index (Phi) is 4.73. The van der Waals surface area contributed by atoms with Crippen LogP contribution in [0.2, 0.25) is 0 Å². The summed E-state index contributed by atoms with van der Waals surface area (Å²) in [6.07, 6.45) is -0.317. The van der Waals surface area contributed by atoms with Crippen molar-refractivity contribution in [3.05, 3.63) is 71.0 Å². The molecule has 0 heterocycles. The summed E-state index contributed by atoms with van der Waals surface area (Å²) in [7, 11) is 1.21. The van der Waals surface area contributed by atoms with E-state index in [-0.39, 0.29) is 17.5 Å². The molecule has 0 fully saturated rings. The molecule has 2 rings (SSSR count). The van der Waals surface area contributed by atoms with Crippen molar-refractivity contribution in [2.75, 3.05) is 7.11 Å². The number of rotatable bonds is 4. The van der Waals surface area contributed by atoms with Crippen LogP contribution in [0.4, 0.5) is 4.39 Å². The average molecular weight is 308 g/mol. The molecule has 0 aliphatic heterocycles. The van der Waals surface area contributed by atoms with Crippen LogP contribution in [0.3, 0.4) is 0 Å². The van der Waals surface area contributed by atoms with Crippen molar-refractivity contribution >= 4 is 5.97 Å². The molecule has 0 saturated carbocycles. The summed E-state index contributed by atoms with van der Waals surface area (Å²) in [4.78, 5) is 11.9. The van der Waals surface area contributed by atoms with Crippen LogP contribution >= 0.6 is 0 Å². The van der Waals surface area contributed by atoms with Gasteiger partial charge in [0.1, 0.15) is 17.3 Å². The lowest BCUT2D eigenvalue weighted by Gasteiger charge is -2.27. The van der Waals surface area contributed by atoms with E-state index < -0.39 is 17.2 Å². The monoisotopic (exact) mass is 308 g/mol. The van der Waals surface area contributed by atoms with Gasteiger partial charge in [0.15, 0.2) is 0 Å². The largest absolute Gasteiger partial charge is 0.469 e. The van der Waals surface area contributed by atoms with Gasteiger partial charge in [0, 0.05) is 0 Å². The Morgan fingerprint density at radius 2 is 1.87 bits per heavy atom. The van der Waals surface area contributed by atoms with Gasteiger partial charge in [-0.05, 0) is 17.2 Å². The highest BCUT2D eigenvalue weighted by Gasteiger charge is 2.40. The Morgan fingerprint density at radius 1 is 1.17 bits per heavy atom. The van der Waals surface area contributed by atoms with Gasteiger partial charge in [-0.25, -0.2) is 4.39 Å². The Labute approximate surface area is 133 Å². The summed E-state index contributed by atoms with van der Waals surface area (Å²) < 4.78 is 18.7. The summed E-state index contributed by atoms with van der Waals surface area (Å²) in [5, 5.41) is 19.1. The van der Waals surface area contributed by atoms with Crippen LogP contribution in [0, 0.1) is 28.5 Å². The standard InChI is InChI=1S/C18H13FN2O2/c1-23-17(22)10-18(12-21,13-6-3-2-4-7-13)15-8-5-9-16(19)14(15)11-20/h2-9H,10H2,1H3/t18-/m0/s1. The van der Waals surface area contributed by atoms with E-state index in [2.05, 4.69) is 10.8 Å². The zero-order valence-electron chi connectivity index (χ0n) is 12.4. The number of hydrogen-bond acceptors (Lipinski definition) is 4. The topological polar surface area (TPSA) is 73.9 Å². The molecule has 114 valence electrons. The molecular formula is C18H13FN2O2. The number of nitriles is 2. The second-order valence-electron chi connectivity index (χ2n) is 4.91. The van der Waals surface area contributed by atoms with E-state index in [0.29, 0.717) is 5.56 Å². The Morgan fingerprint density at radius 3 is 2.43 bits per heavy atom. The lowest BCUT2D eigenvalue weighted by Crippen LogP contribution is -2.31. The lowest BCUT2D eigenvalue weighted by atomic mass is 9.71. The number of esters is 1. The number of carbonyl (C=O) groups is 1. The number of methoxy groups -OCH3 is 1. The van der Waals surface area contributed by atoms with Crippen LogP contribution in [0.5, 0.6) is 0 Å². The highest BCUT2D eigenvalue weighted by Crippen LogP contribution is 2.38. The van der Waals surface area contributed by atoms with Crippen molar-refractivity contribution in [1.82, 2.24) is 0 Å². The Balaban J connectivity index is 2.79. The van der Waals surface area contributed by atoms with Gasteiger partial charge >= 0.3 is 5.97 Å². The maximum absolute atomic E-state index is 14.0. The molecule has 0 N–H and O–H groups in total. The van der Waals surface area contributed by atoms with Crippen molar-refractivity contribution in [2.24, 2.45) is 0 Å². The third-order valence-corrected chi connectivity index (χ3v) is 3.68. The molecule has 0 bridgehead atoms. The quantitative estimate of drug-likeness (QED) is 0.814. The van der Waals surface area contributed by atoms with Gasteiger partial charge in [0.25, 0.3) is 0 Å². The number of carbonyl (C=O) groups excluding carboxylic acids is 1. The fourth-order valence-corrected chi connectivity index (χ4v) is 2.52. The molecule has 2 aromatic rings. The maximum Gasteiger partial charge on any atom is 0.307 e. The molecule has 0 amide bonds. The van der Waals surface area contributed by atoms with E-state index in [4.69, 9.17) is 0 Å². The van der Waals surface area contributed by atoms with Crippen molar-refractivity contribution in [2.45, 2.75) is 11.8 Å². The molecule has 2 aromatic carbocycles. The van der Waals surface area contributed by atoms with Gasteiger partial charge in [-0.2, -0.15) is 10.5 Å². The van der Waals surface area contributed by atoms with Gasteiger partial charge in [0.2, 0.25) is 0 Å². The van der Waals surface area contributed by atoms with Crippen LogP contribution in [0.25, 0.3) is 0 Å². The SMILES string of the molecule is COC(=O)C[C@](C#N)(c1ccccc1)c1cccc(F)c1C#N. The highest BCUT2D eigenvalue weighted by molar-refractivity contribution is 5.74. The van der Waals surface area contributed by atoms with Crippen LogP contribution in [0.15, 0.2) is 48.5 Å². The third-order valence-electron chi connectivity index (χ3n) is 3.68. The molecule has 1 atom stereocenters. The maximum atomic E-state index is 14.0. The minimum atomic E-state index is -1.50. The van der Waals surface area contributed by atoms with Crippen molar-refractivity contribution in [3.63, 3.8) is 0 Å². The second kappa shape index (κ2) is 6.72. The molecule has 23 heavy (non-hydrogen) atoms. The van der Waals surface area contributed by atoms with E-state index >= 15 is 0 Å². The summed E-state index contributed by atoms with van der Waals surface area (Å²) in [6.45, 7) is 0. The molecular weight excluding hydrogens is 295 g/mol.